The van der Waals surface area contributed by atoms with Gasteiger partial charge in [0.2, 0.25) is 0 Å². The van der Waals surface area contributed by atoms with Gasteiger partial charge in [0.05, 0.1) is 32.3 Å². The summed E-state index contributed by atoms with van der Waals surface area (Å²) in [5.41, 5.74) is 5.65. The van der Waals surface area contributed by atoms with Gasteiger partial charge in [0.1, 0.15) is 0 Å². The Morgan fingerprint density at radius 3 is 1.90 bits per heavy atom. The Hall–Kier alpha value is -2.18. The van der Waals surface area contributed by atoms with E-state index in [1.165, 1.54) is 81.8 Å². The first-order chi connectivity index (χ1) is 23.9. The number of amides is 1. The lowest BCUT2D eigenvalue weighted by Crippen LogP contribution is -2.32. The van der Waals surface area contributed by atoms with Gasteiger partial charge in [-0.3, -0.25) is 9.59 Å². The molecule has 0 aliphatic carbocycles. The van der Waals surface area contributed by atoms with Crippen LogP contribution in [-0.2, 0) is 22.4 Å². The smallest absolute Gasteiger partial charge is 0.261 e. The van der Waals surface area contributed by atoms with Crippen molar-refractivity contribution < 1.29 is 9.59 Å². The van der Waals surface area contributed by atoms with Gasteiger partial charge < -0.3 is 9.80 Å². The average Bonchev–Trinajstić information content (AvgIpc) is 3.84. The van der Waals surface area contributed by atoms with Crippen LogP contribution in [0, 0.1) is 11.8 Å². The Kier molecular flexibility index (Phi) is 19.0. The number of nitrogens with zero attached hydrogens (tertiary/aromatic N) is 2. The lowest BCUT2D eigenvalue weighted by molar-refractivity contribution is -0.123. The van der Waals surface area contributed by atoms with Crippen LogP contribution < -0.4 is 0 Å². The molecule has 0 saturated heterocycles. The van der Waals surface area contributed by atoms with Crippen molar-refractivity contribution in [3.05, 3.63) is 54.9 Å². The second kappa shape index (κ2) is 22.6. The van der Waals surface area contributed by atoms with E-state index in [1.807, 2.05) is 4.90 Å². The van der Waals surface area contributed by atoms with Gasteiger partial charge in [-0.2, -0.15) is 0 Å². The minimum Gasteiger partial charge on any atom is -0.373 e. The van der Waals surface area contributed by atoms with Gasteiger partial charge in [0.25, 0.3) is 5.91 Å². The first-order valence-electron chi connectivity index (χ1n) is 20.0. The Morgan fingerprint density at radius 1 is 0.755 bits per heavy atom. The lowest BCUT2D eigenvalue weighted by atomic mass is 9.97. The molecule has 0 aromatic carbocycles. The Bertz CT molecular complexity index is 1330. The highest BCUT2D eigenvalue weighted by molar-refractivity contribution is 7.11. The fraction of sp³-hybridized carbons (Fsp3) is 0.674. The molecule has 6 heteroatoms. The van der Waals surface area contributed by atoms with E-state index in [9.17, 15) is 9.59 Å². The maximum Gasteiger partial charge on any atom is 0.261 e. The summed E-state index contributed by atoms with van der Waals surface area (Å²) < 4.78 is 0. The second-order valence-corrected chi connectivity index (χ2v) is 16.3. The summed E-state index contributed by atoms with van der Waals surface area (Å²) in [7, 11) is 2.16. The predicted molar refractivity (Wildman–Crippen MR) is 215 cm³/mol. The molecule has 0 fully saturated rings. The molecule has 2 atom stereocenters. The molecule has 4 nitrogen and oxygen atoms in total. The van der Waals surface area contributed by atoms with Crippen LogP contribution in [0.5, 0.6) is 0 Å². The van der Waals surface area contributed by atoms with E-state index >= 15 is 0 Å². The van der Waals surface area contributed by atoms with Gasteiger partial charge in [-0.15, -0.1) is 22.7 Å². The number of rotatable bonds is 26. The Labute approximate surface area is 308 Å². The van der Waals surface area contributed by atoms with Gasteiger partial charge in [-0.05, 0) is 84.4 Å². The van der Waals surface area contributed by atoms with Crippen molar-refractivity contribution in [1.82, 2.24) is 9.80 Å². The average molecular weight is 709 g/mol. The third-order valence-corrected chi connectivity index (χ3v) is 12.4. The maximum absolute atomic E-state index is 15.0. The summed E-state index contributed by atoms with van der Waals surface area (Å²) in [5, 5.41) is 4.54. The van der Waals surface area contributed by atoms with Crippen molar-refractivity contribution in [2.24, 2.45) is 11.8 Å². The monoisotopic (exact) mass is 708 g/mol. The molecule has 0 radical (unpaired) electrons. The highest BCUT2D eigenvalue weighted by Crippen LogP contribution is 2.43. The van der Waals surface area contributed by atoms with Crippen molar-refractivity contribution in [1.29, 1.82) is 0 Å². The first-order valence-corrected chi connectivity index (χ1v) is 21.7. The number of aryl methyl sites for hydroxylation is 2. The van der Waals surface area contributed by atoms with Gasteiger partial charge in [-0.1, -0.05) is 119 Å². The van der Waals surface area contributed by atoms with E-state index in [4.69, 9.17) is 0 Å². The van der Waals surface area contributed by atoms with Crippen LogP contribution >= 0.6 is 22.7 Å². The van der Waals surface area contributed by atoms with Gasteiger partial charge in [0, 0.05) is 20.1 Å². The summed E-state index contributed by atoms with van der Waals surface area (Å²) in [6, 6.07) is 4.59. The number of aldehydes is 1. The van der Waals surface area contributed by atoms with E-state index in [-0.39, 0.29) is 5.91 Å². The number of thiophene rings is 2. The molecule has 2 aromatic heterocycles. The summed E-state index contributed by atoms with van der Waals surface area (Å²) in [5.74, 6) is 0.943. The Morgan fingerprint density at radius 2 is 1.33 bits per heavy atom. The van der Waals surface area contributed by atoms with Gasteiger partial charge in [0.15, 0.2) is 6.29 Å². The molecule has 1 aliphatic heterocycles. The van der Waals surface area contributed by atoms with Crippen LogP contribution in [0.3, 0.4) is 0 Å². The minimum absolute atomic E-state index is 0.00583. The summed E-state index contributed by atoms with van der Waals surface area (Å²) in [6.07, 6.45) is 22.1. The number of carbonyl (C=O) groups is 2. The highest BCUT2D eigenvalue weighted by atomic mass is 32.1. The predicted octanol–water partition coefficient (Wildman–Crippen LogP) is 12.6. The molecular weight excluding hydrogens is 641 g/mol. The van der Waals surface area contributed by atoms with Crippen LogP contribution in [0.2, 0.25) is 0 Å². The largest absolute Gasteiger partial charge is 0.373 e. The van der Waals surface area contributed by atoms with Crippen molar-refractivity contribution in [2.45, 2.75) is 157 Å². The van der Waals surface area contributed by atoms with Crippen LogP contribution in [0.4, 0.5) is 0 Å². The first kappa shape index (κ1) is 41.2. The molecule has 2 unspecified atom stereocenters. The van der Waals surface area contributed by atoms with Crippen LogP contribution in [0.1, 0.15) is 165 Å². The zero-order chi connectivity index (χ0) is 35.6. The standard InChI is InChI=1S/C43H68N2O2S2/c1-8-14-18-20-24-35-26-38(48-31-35)41-37(30-46)40(43(47)45(41)29-34(13-6)23-17-11-4)42(44(7)28-33(12-5)22-16-10-3)39-27-36(32-49-39)25-21-19-15-9-2/h26-27,30-34H,8-25,28-29H2,1-7H3/b42-40+. The fourth-order valence-electron chi connectivity index (χ4n) is 7.25. The second-order valence-electron chi connectivity index (χ2n) is 14.5. The zero-order valence-corrected chi connectivity index (χ0v) is 33.8. The van der Waals surface area contributed by atoms with Gasteiger partial charge >= 0.3 is 0 Å². The quantitative estimate of drug-likeness (QED) is 0.0555. The summed E-state index contributed by atoms with van der Waals surface area (Å²) in [6.45, 7) is 15.1. The SMILES string of the molecule is CCCCCCc1csc(C2=C(C=O)/C(=C(/c3cc(CCCCCC)cs3)N(C)CC(CC)CCCC)C(=O)N2CC(CC)CCCC)c1. The molecule has 0 bridgehead atoms. The molecule has 3 heterocycles. The fourth-order valence-corrected chi connectivity index (χ4v) is 9.31. The van der Waals surface area contributed by atoms with E-state index in [1.54, 1.807) is 22.7 Å². The topological polar surface area (TPSA) is 40.6 Å². The number of hydrogen-bond donors (Lipinski definition) is 0. The number of hydrogen-bond acceptors (Lipinski definition) is 5. The van der Waals surface area contributed by atoms with E-state index < -0.39 is 0 Å². The molecule has 0 N–H and O–H groups in total. The van der Waals surface area contributed by atoms with Crippen molar-refractivity contribution in [3.8, 4) is 0 Å². The third kappa shape index (κ3) is 11.9. The maximum atomic E-state index is 15.0. The zero-order valence-electron chi connectivity index (χ0n) is 32.2. The van der Waals surface area contributed by atoms with Gasteiger partial charge in [-0.25, -0.2) is 0 Å². The lowest BCUT2D eigenvalue weighted by Gasteiger charge is -2.29. The molecule has 0 spiro atoms. The van der Waals surface area contributed by atoms with E-state index in [0.29, 0.717) is 29.5 Å². The molecular formula is C43H68N2O2S2. The molecule has 274 valence electrons. The molecule has 49 heavy (non-hydrogen) atoms. The highest BCUT2D eigenvalue weighted by Gasteiger charge is 2.40. The third-order valence-electron chi connectivity index (χ3n) is 10.5. The van der Waals surface area contributed by atoms with E-state index in [2.05, 4.69) is 76.4 Å². The van der Waals surface area contributed by atoms with Crippen LogP contribution in [-0.4, -0.2) is 42.1 Å². The normalized spacial score (nSPS) is 15.7. The molecule has 0 saturated carbocycles. The molecule has 2 aromatic rings. The number of carbonyl (C=O) groups excluding carboxylic acids is 2. The van der Waals surface area contributed by atoms with Crippen molar-refractivity contribution in [2.75, 3.05) is 20.1 Å². The molecule has 3 rings (SSSR count). The molecule has 1 amide bonds. The van der Waals surface area contributed by atoms with Crippen LogP contribution in [0.15, 0.2) is 34.0 Å². The summed E-state index contributed by atoms with van der Waals surface area (Å²) >= 11 is 3.44. The van der Waals surface area contributed by atoms with Crippen molar-refractivity contribution >= 4 is 46.3 Å². The van der Waals surface area contributed by atoms with Crippen LogP contribution in [0.25, 0.3) is 11.4 Å². The van der Waals surface area contributed by atoms with E-state index in [0.717, 1.165) is 78.9 Å². The number of unbranched alkanes of at least 4 members (excludes halogenated alkanes) is 8. The minimum atomic E-state index is 0.00583. The Balaban J connectivity index is 2.18. The summed E-state index contributed by atoms with van der Waals surface area (Å²) in [4.78, 5) is 34.9. The van der Waals surface area contributed by atoms with Crippen molar-refractivity contribution in [3.63, 3.8) is 0 Å². The molecule has 1 aliphatic rings.